The lowest BCUT2D eigenvalue weighted by Crippen LogP contribution is -1.78. The minimum atomic E-state index is 0.289. The maximum Gasteiger partial charge on any atom is 0.115 e. The molecule has 1 aromatic heterocycles. The Bertz CT molecular complexity index is 405. The van der Waals surface area contributed by atoms with E-state index in [0.717, 1.165) is 11.3 Å². The molecule has 0 aliphatic heterocycles. The van der Waals surface area contributed by atoms with Crippen LogP contribution in [0.1, 0.15) is 4.88 Å². The second-order valence-corrected chi connectivity index (χ2v) is 3.86. The second kappa shape index (κ2) is 3.18. The predicted octanol–water partition coefficient (Wildman–Crippen LogP) is 2.82. The van der Waals surface area contributed by atoms with E-state index in [1.807, 2.05) is 24.6 Å². The number of benzene rings is 1. The van der Waals surface area contributed by atoms with Gasteiger partial charge >= 0.3 is 0 Å². The third-order valence-corrected chi connectivity index (χ3v) is 2.64. The van der Waals surface area contributed by atoms with Gasteiger partial charge in [0.25, 0.3) is 0 Å². The van der Waals surface area contributed by atoms with Crippen molar-refractivity contribution in [3.05, 3.63) is 34.7 Å². The Morgan fingerprint density at radius 3 is 2.46 bits per heavy atom. The van der Waals surface area contributed by atoms with Crippen LogP contribution in [-0.4, -0.2) is 10.1 Å². The Balaban J connectivity index is 2.47. The van der Waals surface area contributed by atoms with E-state index >= 15 is 0 Å². The van der Waals surface area contributed by atoms with Crippen LogP contribution in [0.25, 0.3) is 11.3 Å². The lowest BCUT2D eigenvalue weighted by molar-refractivity contribution is 0.475. The Kier molecular flexibility index (Phi) is 2.02. The number of nitrogens with zero attached hydrogens (tertiary/aromatic N) is 1. The first kappa shape index (κ1) is 8.26. The molecule has 2 nitrogen and oxygen atoms in total. The number of aromatic nitrogens is 1. The molecule has 1 N–H and O–H groups in total. The molecule has 0 atom stereocenters. The van der Waals surface area contributed by atoms with Crippen LogP contribution in [0.4, 0.5) is 0 Å². The van der Waals surface area contributed by atoms with Gasteiger partial charge in [-0.1, -0.05) is 0 Å². The fourth-order valence-corrected chi connectivity index (χ4v) is 1.80. The molecule has 0 saturated carbocycles. The summed E-state index contributed by atoms with van der Waals surface area (Å²) in [5.41, 5.74) is 3.89. The monoisotopic (exact) mass is 191 g/mol. The minimum absolute atomic E-state index is 0.289. The Hall–Kier alpha value is -1.35. The van der Waals surface area contributed by atoms with Gasteiger partial charge in [-0.05, 0) is 31.2 Å². The third kappa shape index (κ3) is 1.55. The first-order chi connectivity index (χ1) is 6.27. The summed E-state index contributed by atoms with van der Waals surface area (Å²) in [7, 11) is 0. The zero-order valence-corrected chi connectivity index (χ0v) is 8.01. The van der Waals surface area contributed by atoms with Gasteiger partial charge in [0.05, 0.1) is 11.2 Å². The molecular formula is C10H9NOS. The zero-order chi connectivity index (χ0) is 9.26. The zero-order valence-electron chi connectivity index (χ0n) is 7.19. The molecule has 2 rings (SSSR count). The van der Waals surface area contributed by atoms with Gasteiger partial charge in [0.2, 0.25) is 0 Å². The van der Waals surface area contributed by atoms with Crippen molar-refractivity contribution >= 4 is 11.3 Å². The second-order valence-electron chi connectivity index (χ2n) is 2.80. The van der Waals surface area contributed by atoms with Crippen LogP contribution in [0.2, 0.25) is 0 Å². The molecule has 0 unspecified atom stereocenters. The summed E-state index contributed by atoms with van der Waals surface area (Å²) < 4.78 is 0. The SMILES string of the molecule is Cc1scnc1-c1ccc(O)cc1. The smallest absolute Gasteiger partial charge is 0.115 e. The van der Waals surface area contributed by atoms with Crippen LogP contribution < -0.4 is 0 Å². The maximum absolute atomic E-state index is 9.11. The summed E-state index contributed by atoms with van der Waals surface area (Å²) in [5.74, 6) is 0.289. The summed E-state index contributed by atoms with van der Waals surface area (Å²) in [4.78, 5) is 5.45. The van der Waals surface area contributed by atoms with Gasteiger partial charge in [0, 0.05) is 10.4 Å². The first-order valence-electron chi connectivity index (χ1n) is 3.97. The van der Waals surface area contributed by atoms with Crippen molar-refractivity contribution < 1.29 is 5.11 Å². The number of hydrogen-bond donors (Lipinski definition) is 1. The summed E-state index contributed by atoms with van der Waals surface area (Å²) in [6.07, 6.45) is 0. The quantitative estimate of drug-likeness (QED) is 0.751. The van der Waals surface area contributed by atoms with Gasteiger partial charge in [0.15, 0.2) is 0 Å². The van der Waals surface area contributed by atoms with Gasteiger partial charge in [-0.2, -0.15) is 0 Å². The van der Waals surface area contributed by atoms with Crippen molar-refractivity contribution in [2.75, 3.05) is 0 Å². The standard InChI is InChI=1S/C10H9NOS/c1-7-10(11-6-13-7)8-2-4-9(12)5-3-8/h2-6,12H,1H3. The normalized spacial score (nSPS) is 10.2. The molecule has 2 aromatic rings. The molecule has 13 heavy (non-hydrogen) atoms. The highest BCUT2D eigenvalue weighted by atomic mass is 32.1. The lowest BCUT2D eigenvalue weighted by Gasteiger charge is -1.98. The Morgan fingerprint density at radius 1 is 1.23 bits per heavy atom. The topological polar surface area (TPSA) is 33.1 Å². The maximum atomic E-state index is 9.11. The molecule has 3 heteroatoms. The lowest BCUT2D eigenvalue weighted by atomic mass is 10.1. The van der Waals surface area contributed by atoms with E-state index in [4.69, 9.17) is 5.11 Å². The number of hydrogen-bond acceptors (Lipinski definition) is 3. The van der Waals surface area contributed by atoms with E-state index < -0.39 is 0 Å². The molecule has 1 heterocycles. The molecule has 0 spiro atoms. The van der Waals surface area contributed by atoms with Crippen molar-refractivity contribution in [2.45, 2.75) is 6.92 Å². The molecule has 0 aliphatic carbocycles. The highest BCUT2D eigenvalue weighted by Crippen LogP contribution is 2.25. The van der Waals surface area contributed by atoms with Gasteiger partial charge in [-0.25, -0.2) is 4.98 Å². The van der Waals surface area contributed by atoms with Gasteiger partial charge < -0.3 is 5.11 Å². The van der Waals surface area contributed by atoms with Crippen LogP contribution in [-0.2, 0) is 0 Å². The summed E-state index contributed by atoms with van der Waals surface area (Å²) in [5, 5.41) is 9.11. The number of phenolic OH excluding ortho intramolecular Hbond substituents is 1. The van der Waals surface area contributed by atoms with E-state index in [1.54, 1.807) is 23.5 Å². The van der Waals surface area contributed by atoms with Crippen molar-refractivity contribution in [2.24, 2.45) is 0 Å². The fourth-order valence-electron chi connectivity index (χ4n) is 1.20. The van der Waals surface area contributed by atoms with E-state index in [-0.39, 0.29) is 5.75 Å². The molecule has 0 radical (unpaired) electrons. The average Bonchev–Trinajstić information content (AvgIpc) is 2.53. The van der Waals surface area contributed by atoms with Gasteiger partial charge in [0.1, 0.15) is 5.75 Å². The summed E-state index contributed by atoms with van der Waals surface area (Å²) in [6.45, 7) is 2.04. The van der Waals surface area contributed by atoms with Crippen LogP contribution in [0.15, 0.2) is 29.8 Å². The van der Waals surface area contributed by atoms with Crippen molar-refractivity contribution in [1.29, 1.82) is 0 Å². The fraction of sp³-hybridized carbons (Fsp3) is 0.100. The minimum Gasteiger partial charge on any atom is -0.508 e. The van der Waals surface area contributed by atoms with Crippen LogP contribution in [0.5, 0.6) is 5.75 Å². The molecule has 0 aliphatic rings. The van der Waals surface area contributed by atoms with Gasteiger partial charge in [-0.3, -0.25) is 0 Å². The van der Waals surface area contributed by atoms with Crippen molar-refractivity contribution in [3.8, 4) is 17.0 Å². The van der Waals surface area contributed by atoms with E-state index in [2.05, 4.69) is 4.98 Å². The number of thiazole rings is 1. The first-order valence-corrected chi connectivity index (χ1v) is 4.85. The van der Waals surface area contributed by atoms with Crippen LogP contribution >= 0.6 is 11.3 Å². The van der Waals surface area contributed by atoms with Crippen molar-refractivity contribution in [1.82, 2.24) is 4.98 Å². The largest absolute Gasteiger partial charge is 0.508 e. The summed E-state index contributed by atoms with van der Waals surface area (Å²) in [6, 6.07) is 7.09. The molecule has 0 bridgehead atoms. The highest BCUT2D eigenvalue weighted by molar-refractivity contribution is 7.10. The molecule has 0 fully saturated rings. The number of phenols is 1. The molecule has 0 amide bonds. The number of aryl methyl sites for hydroxylation is 1. The van der Waals surface area contributed by atoms with E-state index in [1.165, 1.54) is 4.88 Å². The Morgan fingerprint density at radius 2 is 1.92 bits per heavy atom. The van der Waals surface area contributed by atoms with Crippen molar-refractivity contribution in [3.63, 3.8) is 0 Å². The predicted molar refractivity (Wildman–Crippen MR) is 54.0 cm³/mol. The molecule has 0 saturated heterocycles. The Labute approximate surface area is 80.5 Å². The average molecular weight is 191 g/mol. The molecular weight excluding hydrogens is 182 g/mol. The molecule has 66 valence electrons. The van der Waals surface area contributed by atoms with Crippen LogP contribution in [0, 0.1) is 6.92 Å². The number of aromatic hydroxyl groups is 1. The number of rotatable bonds is 1. The highest BCUT2D eigenvalue weighted by Gasteiger charge is 2.03. The molecule has 1 aromatic carbocycles. The summed E-state index contributed by atoms with van der Waals surface area (Å²) >= 11 is 1.63. The third-order valence-electron chi connectivity index (χ3n) is 1.89. The van der Waals surface area contributed by atoms with E-state index in [9.17, 15) is 0 Å². The van der Waals surface area contributed by atoms with Gasteiger partial charge in [-0.15, -0.1) is 11.3 Å². The van der Waals surface area contributed by atoms with E-state index in [0.29, 0.717) is 0 Å². The van der Waals surface area contributed by atoms with Crippen LogP contribution in [0.3, 0.4) is 0 Å².